The Morgan fingerprint density at radius 2 is 1.85 bits per heavy atom. The molecule has 0 saturated heterocycles. The maximum Gasteiger partial charge on any atom is 0.410 e. The van der Waals surface area contributed by atoms with Gasteiger partial charge in [-0.05, 0) is 13.8 Å². The lowest BCUT2D eigenvalue weighted by Gasteiger charge is -2.17. The molecular formula is C8H16N2O3. The van der Waals surface area contributed by atoms with Crippen LogP contribution in [0.1, 0.15) is 13.8 Å². The molecule has 0 radical (unpaired) electrons. The minimum Gasteiger partial charge on any atom is -0.439 e. The van der Waals surface area contributed by atoms with E-state index in [1.807, 2.05) is 13.8 Å². The van der Waals surface area contributed by atoms with Crippen molar-refractivity contribution < 1.29 is 14.3 Å². The van der Waals surface area contributed by atoms with Gasteiger partial charge in [0.15, 0.2) is 6.61 Å². The second kappa shape index (κ2) is 6.28. The first-order valence-corrected chi connectivity index (χ1v) is 4.27. The van der Waals surface area contributed by atoms with Crippen molar-refractivity contribution in [1.82, 2.24) is 10.2 Å². The Morgan fingerprint density at radius 3 is 2.23 bits per heavy atom. The van der Waals surface area contributed by atoms with Gasteiger partial charge in [-0.1, -0.05) is 0 Å². The molecule has 0 spiro atoms. The average Bonchev–Trinajstić information content (AvgIpc) is 2.16. The van der Waals surface area contributed by atoms with Gasteiger partial charge in [0.1, 0.15) is 0 Å². The zero-order valence-corrected chi connectivity index (χ0v) is 8.29. The first-order chi connectivity index (χ1) is 6.15. The zero-order chi connectivity index (χ0) is 10.3. The van der Waals surface area contributed by atoms with Crippen LogP contribution in [0.3, 0.4) is 0 Å². The maximum absolute atomic E-state index is 11.1. The number of nitrogens with zero attached hydrogens (tertiary/aromatic N) is 1. The van der Waals surface area contributed by atoms with Crippen molar-refractivity contribution in [2.45, 2.75) is 13.8 Å². The maximum atomic E-state index is 11.1. The topological polar surface area (TPSA) is 58.6 Å². The number of hydrogen-bond donors (Lipinski definition) is 1. The fourth-order valence-electron chi connectivity index (χ4n) is 0.773. The summed E-state index contributed by atoms with van der Waals surface area (Å²) in [6.45, 7) is 4.66. The van der Waals surface area contributed by atoms with E-state index < -0.39 is 6.09 Å². The van der Waals surface area contributed by atoms with E-state index in [0.29, 0.717) is 13.1 Å². The molecule has 0 aromatic carbocycles. The Morgan fingerprint density at radius 1 is 1.31 bits per heavy atom. The van der Waals surface area contributed by atoms with E-state index in [-0.39, 0.29) is 12.5 Å². The summed E-state index contributed by atoms with van der Waals surface area (Å²) in [4.78, 5) is 23.4. The van der Waals surface area contributed by atoms with E-state index >= 15 is 0 Å². The third-order valence-corrected chi connectivity index (χ3v) is 1.63. The number of amides is 2. The lowest BCUT2D eigenvalue weighted by atomic mass is 10.5. The Balaban J connectivity index is 3.79. The Hall–Kier alpha value is -1.26. The molecule has 0 aromatic rings. The molecule has 0 aliphatic carbocycles. The summed E-state index contributed by atoms with van der Waals surface area (Å²) in [5.74, 6) is -0.305. The van der Waals surface area contributed by atoms with Crippen molar-refractivity contribution in [2.75, 3.05) is 26.7 Å². The molecule has 0 aliphatic rings. The van der Waals surface area contributed by atoms with Crippen LogP contribution in [-0.2, 0) is 9.53 Å². The molecule has 0 bridgehead atoms. The van der Waals surface area contributed by atoms with E-state index in [1.165, 1.54) is 11.9 Å². The molecule has 0 aromatic heterocycles. The van der Waals surface area contributed by atoms with Crippen molar-refractivity contribution in [1.29, 1.82) is 0 Å². The van der Waals surface area contributed by atoms with Crippen LogP contribution in [-0.4, -0.2) is 43.6 Å². The molecule has 0 saturated carbocycles. The van der Waals surface area contributed by atoms with Gasteiger partial charge in [0.25, 0.3) is 5.91 Å². The first kappa shape index (κ1) is 11.7. The normalized spacial score (nSPS) is 9.15. The number of hydrogen-bond acceptors (Lipinski definition) is 3. The van der Waals surface area contributed by atoms with Crippen LogP contribution in [0.5, 0.6) is 0 Å². The fraction of sp³-hybridized carbons (Fsp3) is 0.750. The fourth-order valence-corrected chi connectivity index (χ4v) is 0.773. The highest BCUT2D eigenvalue weighted by atomic mass is 16.6. The van der Waals surface area contributed by atoms with E-state index in [1.54, 1.807) is 0 Å². The molecule has 5 heteroatoms. The molecule has 2 amide bonds. The van der Waals surface area contributed by atoms with Crippen molar-refractivity contribution in [3.8, 4) is 0 Å². The van der Waals surface area contributed by atoms with Gasteiger partial charge in [-0.25, -0.2) is 4.79 Å². The van der Waals surface area contributed by atoms with Crippen LogP contribution in [0.2, 0.25) is 0 Å². The monoisotopic (exact) mass is 188 g/mol. The van der Waals surface area contributed by atoms with Crippen LogP contribution >= 0.6 is 0 Å². The molecule has 0 fully saturated rings. The van der Waals surface area contributed by atoms with E-state index in [4.69, 9.17) is 4.74 Å². The molecule has 1 N–H and O–H groups in total. The van der Waals surface area contributed by atoms with Gasteiger partial charge in [0.05, 0.1) is 0 Å². The Kier molecular flexibility index (Phi) is 5.67. The third kappa shape index (κ3) is 4.35. The zero-order valence-electron chi connectivity index (χ0n) is 8.29. The molecule has 0 aliphatic heterocycles. The predicted molar refractivity (Wildman–Crippen MR) is 48.3 cm³/mol. The van der Waals surface area contributed by atoms with Crippen molar-refractivity contribution in [3.63, 3.8) is 0 Å². The summed E-state index contributed by atoms with van der Waals surface area (Å²) in [6, 6.07) is 0. The molecule has 5 nitrogen and oxygen atoms in total. The van der Waals surface area contributed by atoms with Crippen LogP contribution < -0.4 is 5.32 Å². The number of ether oxygens (including phenoxy) is 1. The highest BCUT2D eigenvalue weighted by Crippen LogP contribution is 1.92. The first-order valence-electron chi connectivity index (χ1n) is 4.27. The molecule has 13 heavy (non-hydrogen) atoms. The minimum atomic E-state index is -0.450. The molecule has 0 atom stereocenters. The number of carbonyl (C=O) groups excluding carboxylic acids is 2. The summed E-state index contributed by atoms with van der Waals surface area (Å²) in [7, 11) is 1.49. The lowest BCUT2D eigenvalue weighted by molar-refractivity contribution is -0.123. The predicted octanol–water partition coefficient (Wildman–Crippen LogP) is 0.211. The number of rotatable bonds is 4. The van der Waals surface area contributed by atoms with E-state index in [0.717, 1.165) is 0 Å². The second-order valence-electron chi connectivity index (χ2n) is 2.40. The van der Waals surface area contributed by atoms with Crippen molar-refractivity contribution >= 4 is 12.0 Å². The van der Waals surface area contributed by atoms with Gasteiger partial charge in [-0.15, -0.1) is 0 Å². The standard InChI is InChI=1S/C8H16N2O3/c1-4-10(5-2)8(12)13-6-7(11)9-3/h4-6H2,1-3H3,(H,9,11). The minimum absolute atomic E-state index is 0.216. The SMILES string of the molecule is CCN(CC)C(=O)OCC(=O)NC. The van der Waals surface area contributed by atoms with Gasteiger partial charge in [-0.2, -0.15) is 0 Å². The van der Waals surface area contributed by atoms with Crippen molar-refractivity contribution in [2.24, 2.45) is 0 Å². The molecule has 0 unspecified atom stereocenters. The summed E-state index contributed by atoms with van der Waals surface area (Å²) in [6.07, 6.45) is -0.450. The molecule has 76 valence electrons. The molecule has 0 heterocycles. The van der Waals surface area contributed by atoms with E-state index in [9.17, 15) is 9.59 Å². The van der Waals surface area contributed by atoms with E-state index in [2.05, 4.69) is 5.32 Å². The van der Waals surface area contributed by atoms with Crippen LogP contribution in [0.4, 0.5) is 4.79 Å². The summed E-state index contributed by atoms with van der Waals surface area (Å²) in [5.41, 5.74) is 0. The van der Waals surface area contributed by atoms with Crippen molar-refractivity contribution in [3.05, 3.63) is 0 Å². The third-order valence-electron chi connectivity index (χ3n) is 1.63. The average molecular weight is 188 g/mol. The number of likely N-dealkylation sites (N-methyl/N-ethyl adjacent to an activating group) is 1. The van der Waals surface area contributed by atoms with Crippen LogP contribution in [0.15, 0.2) is 0 Å². The molecule has 0 rings (SSSR count). The largest absolute Gasteiger partial charge is 0.439 e. The summed E-state index contributed by atoms with van der Waals surface area (Å²) in [5, 5.41) is 2.36. The lowest BCUT2D eigenvalue weighted by Crippen LogP contribution is -2.34. The molecular weight excluding hydrogens is 172 g/mol. The quantitative estimate of drug-likeness (QED) is 0.686. The smallest absolute Gasteiger partial charge is 0.410 e. The number of carbonyl (C=O) groups is 2. The summed E-state index contributed by atoms with van der Waals surface area (Å²) >= 11 is 0. The highest BCUT2D eigenvalue weighted by molar-refractivity contribution is 5.79. The number of nitrogens with one attached hydrogen (secondary N) is 1. The van der Waals surface area contributed by atoms with Gasteiger partial charge < -0.3 is 15.0 Å². The Labute approximate surface area is 78.0 Å². The second-order valence-corrected chi connectivity index (χ2v) is 2.40. The Bertz CT molecular complexity index is 178. The van der Waals surface area contributed by atoms with Gasteiger partial charge in [-0.3, -0.25) is 4.79 Å². The van der Waals surface area contributed by atoms with Crippen LogP contribution in [0, 0.1) is 0 Å². The van der Waals surface area contributed by atoms with Gasteiger partial charge in [0.2, 0.25) is 0 Å². The highest BCUT2D eigenvalue weighted by Gasteiger charge is 2.11. The van der Waals surface area contributed by atoms with Gasteiger partial charge >= 0.3 is 6.09 Å². The van der Waals surface area contributed by atoms with Crippen LogP contribution in [0.25, 0.3) is 0 Å². The van der Waals surface area contributed by atoms with Gasteiger partial charge in [0, 0.05) is 20.1 Å². The summed E-state index contributed by atoms with van der Waals surface area (Å²) < 4.78 is 4.71.